The smallest absolute Gasteiger partial charge is 0.0244 e. The van der Waals surface area contributed by atoms with E-state index in [1.54, 1.807) is 0 Å². The molecule has 4 aliphatic carbocycles. The second-order valence-corrected chi connectivity index (χ2v) is 9.13. The van der Waals surface area contributed by atoms with Crippen molar-refractivity contribution in [2.24, 2.45) is 10.8 Å². The van der Waals surface area contributed by atoms with Crippen molar-refractivity contribution in [3.63, 3.8) is 0 Å². The number of rotatable bonds is 3. The van der Waals surface area contributed by atoms with Gasteiger partial charge in [0.25, 0.3) is 0 Å². The van der Waals surface area contributed by atoms with Crippen molar-refractivity contribution in [2.45, 2.75) is 50.4 Å². The molecule has 4 radical (unpaired) electrons. The van der Waals surface area contributed by atoms with Crippen LogP contribution in [0, 0.1) is 23.7 Å². The Hall–Kier alpha value is -2.08. The lowest BCUT2D eigenvalue weighted by molar-refractivity contribution is 0.190. The van der Waals surface area contributed by atoms with E-state index < -0.39 is 0 Å². The van der Waals surface area contributed by atoms with E-state index in [0.717, 1.165) is 0 Å². The molecule has 4 atom stereocenters. The fraction of sp³-hybridized carbons (Fsp3) is 0.357. The van der Waals surface area contributed by atoms with Crippen molar-refractivity contribution >= 4 is 0 Å². The molecule has 0 bridgehead atoms. The van der Waals surface area contributed by atoms with Crippen LogP contribution in [-0.2, 0) is 0 Å². The van der Waals surface area contributed by atoms with Crippen LogP contribution < -0.4 is 0 Å². The lowest BCUT2D eigenvalue weighted by Crippen LogP contribution is -2.32. The van der Waals surface area contributed by atoms with Gasteiger partial charge in [-0.05, 0) is 71.6 Å². The van der Waals surface area contributed by atoms with Crippen molar-refractivity contribution in [1.29, 1.82) is 0 Å². The van der Waals surface area contributed by atoms with Crippen LogP contribution >= 0.6 is 0 Å². The fourth-order valence-electron chi connectivity index (χ4n) is 6.34. The van der Waals surface area contributed by atoms with Crippen LogP contribution in [0.2, 0.25) is 0 Å². The van der Waals surface area contributed by atoms with Crippen LogP contribution in [-0.4, -0.2) is 0 Å². The largest absolute Gasteiger partial charge is 0.0879 e. The number of fused-ring (bicyclic) bond motifs is 6. The average molecular weight is 363 g/mol. The number of allylic oxidation sites excluding steroid dienone is 4. The molecule has 0 amide bonds. The Morgan fingerprint density at radius 1 is 0.679 bits per heavy atom. The van der Waals surface area contributed by atoms with Gasteiger partial charge in [-0.3, -0.25) is 0 Å². The van der Waals surface area contributed by atoms with E-state index in [-0.39, 0.29) is 10.8 Å². The average Bonchev–Trinajstić information content (AvgIpc) is 3.26. The van der Waals surface area contributed by atoms with Crippen molar-refractivity contribution in [3.8, 4) is 0 Å². The van der Waals surface area contributed by atoms with Gasteiger partial charge in [0.2, 0.25) is 0 Å². The Bertz CT molecular complexity index is 884. The predicted molar refractivity (Wildman–Crippen MR) is 114 cm³/mol. The highest BCUT2D eigenvalue weighted by Gasteiger charge is 2.50. The molecular formula is C28H26. The maximum Gasteiger partial charge on any atom is 0.0244 e. The SMILES string of the molecule is [C]1c2ccccc2C2C=CCCC12CCC12[C]c3ccccc3C1C=CCC2. The molecule has 0 aliphatic heterocycles. The normalized spacial score (nSPS) is 34.6. The molecule has 4 unspecified atom stereocenters. The zero-order valence-corrected chi connectivity index (χ0v) is 16.3. The summed E-state index contributed by atoms with van der Waals surface area (Å²) in [6.45, 7) is 0. The molecule has 0 aromatic heterocycles. The molecular weight excluding hydrogens is 336 g/mol. The molecule has 0 N–H and O–H groups in total. The quantitative estimate of drug-likeness (QED) is 0.521. The van der Waals surface area contributed by atoms with Gasteiger partial charge >= 0.3 is 0 Å². The summed E-state index contributed by atoms with van der Waals surface area (Å²) in [4.78, 5) is 0. The molecule has 0 saturated heterocycles. The molecule has 0 saturated carbocycles. The molecule has 2 aromatic rings. The molecule has 0 fully saturated rings. The van der Waals surface area contributed by atoms with Crippen LogP contribution in [0.5, 0.6) is 0 Å². The molecule has 4 aliphatic rings. The number of hydrogen-bond acceptors (Lipinski definition) is 0. The minimum Gasteiger partial charge on any atom is -0.0879 e. The lowest BCUT2D eigenvalue weighted by atomic mass is 9.61. The molecule has 2 aromatic carbocycles. The lowest BCUT2D eigenvalue weighted by Gasteiger charge is -2.42. The van der Waals surface area contributed by atoms with Gasteiger partial charge < -0.3 is 0 Å². The summed E-state index contributed by atoms with van der Waals surface area (Å²) in [7, 11) is 0. The number of hydrogen-bond donors (Lipinski definition) is 0. The maximum absolute atomic E-state index is 3.99. The zero-order valence-electron chi connectivity index (χ0n) is 16.3. The molecule has 6 rings (SSSR count). The first kappa shape index (κ1) is 16.8. The minimum absolute atomic E-state index is 0.176. The standard InChI is InChI=1S/C28H26/c1-3-11-23-21(9-1)19-27(15-7-5-13-25(23)27)17-18-28-16-8-6-14-26(28)24-12-4-2-10-22(24)20-28/h1-6,9-14,25-26H,7-8,15-18H2. The third-order valence-electron chi connectivity index (χ3n) is 7.74. The van der Waals surface area contributed by atoms with Crippen LogP contribution in [0.25, 0.3) is 0 Å². The van der Waals surface area contributed by atoms with Gasteiger partial charge in [-0.25, -0.2) is 0 Å². The first-order valence-electron chi connectivity index (χ1n) is 10.9. The van der Waals surface area contributed by atoms with Crippen LogP contribution in [0.3, 0.4) is 0 Å². The molecule has 0 heteroatoms. The Balaban J connectivity index is 1.32. The van der Waals surface area contributed by atoms with Gasteiger partial charge in [-0.15, -0.1) is 0 Å². The summed E-state index contributed by atoms with van der Waals surface area (Å²) in [5.41, 5.74) is 6.01. The third kappa shape index (κ3) is 2.36. The van der Waals surface area contributed by atoms with Crippen LogP contribution in [0.1, 0.15) is 72.6 Å². The Kier molecular flexibility index (Phi) is 3.73. The van der Waals surface area contributed by atoms with Crippen molar-refractivity contribution in [1.82, 2.24) is 0 Å². The topological polar surface area (TPSA) is 0 Å². The third-order valence-corrected chi connectivity index (χ3v) is 7.74. The Morgan fingerprint density at radius 2 is 1.14 bits per heavy atom. The molecule has 0 spiro atoms. The highest BCUT2D eigenvalue weighted by molar-refractivity contribution is 5.51. The summed E-state index contributed by atoms with van der Waals surface area (Å²) in [5, 5.41) is 0. The maximum atomic E-state index is 3.99. The first-order valence-corrected chi connectivity index (χ1v) is 10.9. The molecule has 0 heterocycles. The van der Waals surface area contributed by atoms with E-state index in [9.17, 15) is 0 Å². The monoisotopic (exact) mass is 362 g/mol. The van der Waals surface area contributed by atoms with Gasteiger partial charge in [0.1, 0.15) is 0 Å². The van der Waals surface area contributed by atoms with Crippen molar-refractivity contribution in [2.75, 3.05) is 0 Å². The van der Waals surface area contributed by atoms with Crippen molar-refractivity contribution < 1.29 is 0 Å². The molecule has 138 valence electrons. The van der Waals surface area contributed by atoms with Gasteiger partial charge in [0, 0.05) is 24.7 Å². The van der Waals surface area contributed by atoms with Crippen LogP contribution in [0.15, 0.2) is 72.8 Å². The van der Waals surface area contributed by atoms with Crippen molar-refractivity contribution in [3.05, 3.63) is 108 Å². The van der Waals surface area contributed by atoms with Gasteiger partial charge in [-0.1, -0.05) is 72.8 Å². The molecule has 28 heavy (non-hydrogen) atoms. The molecule has 0 nitrogen and oxygen atoms in total. The van der Waals surface area contributed by atoms with E-state index in [0.29, 0.717) is 11.8 Å². The number of benzene rings is 2. The van der Waals surface area contributed by atoms with Gasteiger partial charge in [-0.2, -0.15) is 0 Å². The van der Waals surface area contributed by atoms with E-state index in [4.69, 9.17) is 0 Å². The highest BCUT2D eigenvalue weighted by Crippen LogP contribution is 2.62. The summed E-state index contributed by atoms with van der Waals surface area (Å²) in [6, 6.07) is 17.9. The van der Waals surface area contributed by atoms with Crippen LogP contribution in [0.4, 0.5) is 0 Å². The van der Waals surface area contributed by atoms with E-state index in [1.165, 1.54) is 60.8 Å². The Morgan fingerprint density at radius 3 is 1.64 bits per heavy atom. The fourth-order valence-corrected chi connectivity index (χ4v) is 6.34. The summed E-state index contributed by atoms with van der Waals surface area (Å²) in [5.74, 6) is 1.02. The highest BCUT2D eigenvalue weighted by atomic mass is 14.5. The zero-order chi connectivity index (χ0) is 18.6. The van der Waals surface area contributed by atoms with E-state index >= 15 is 0 Å². The van der Waals surface area contributed by atoms with Gasteiger partial charge in [0.15, 0.2) is 0 Å². The summed E-state index contributed by atoms with van der Waals surface area (Å²) in [6.07, 6.45) is 24.9. The second kappa shape index (κ2) is 6.21. The Labute approximate surface area is 169 Å². The minimum atomic E-state index is 0.176. The van der Waals surface area contributed by atoms with Gasteiger partial charge in [0.05, 0.1) is 0 Å². The van der Waals surface area contributed by atoms with E-state index in [1.807, 2.05) is 0 Å². The predicted octanol–water partition coefficient (Wildman–Crippen LogP) is 6.89. The summed E-state index contributed by atoms with van der Waals surface area (Å²) >= 11 is 0. The first-order chi connectivity index (χ1) is 13.8. The summed E-state index contributed by atoms with van der Waals surface area (Å²) < 4.78 is 0. The van der Waals surface area contributed by atoms with E-state index in [2.05, 4.69) is 85.7 Å². The second-order valence-electron chi connectivity index (χ2n) is 9.13.